The normalized spacial score (nSPS) is 15.1. The zero-order valence-corrected chi connectivity index (χ0v) is 36.6. The van der Waals surface area contributed by atoms with Crippen molar-refractivity contribution >= 4 is 63.1 Å². The second-order valence-electron chi connectivity index (χ2n) is 16.5. The summed E-state index contributed by atoms with van der Waals surface area (Å²) >= 11 is 5.52. The molecule has 0 spiro atoms. The molecule has 342 valence electrons. The monoisotopic (exact) mass is 926 g/mol. The first kappa shape index (κ1) is 46.9. The lowest BCUT2D eigenvalue weighted by Gasteiger charge is -2.35. The third kappa shape index (κ3) is 9.64. The number of nitrogens with zero attached hydrogens (tertiary/aromatic N) is 6. The van der Waals surface area contributed by atoms with Crippen molar-refractivity contribution in [3.8, 4) is 6.07 Å². The van der Waals surface area contributed by atoms with E-state index in [0.29, 0.717) is 66.9 Å². The quantitative estimate of drug-likeness (QED) is 0.0703. The number of unbranched alkanes of at least 4 members (excludes halogenated alkanes) is 3. The average molecular weight is 927 g/mol. The lowest BCUT2D eigenvalue weighted by atomic mass is 10.0. The Morgan fingerprint density at radius 2 is 1.52 bits per heavy atom. The third-order valence-electron chi connectivity index (χ3n) is 11.7. The number of halogens is 5. The van der Waals surface area contributed by atoms with Gasteiger partial charge in [-0.15, -0.1) is 0 Å². The Bertz CT molecular complexity index is 2850. The number of nitriles is 1. The summed E-state index contributed by atoms with van der Waals surface area (Å²) in [5.41, 5.74) is -2.90. The second kappa shape index (κ2) is 19.2. The number of thiocarbonyl (C=S) groups is 1. The van der Waals surface area contributed by atoms with Crippen molar-refractivity contribution in [3.63, 3.8) is 0 Å². The van der Waals surface area contributed by atoms with Crippen molar-refractivity contribution in [3.05, 3.63) is 134 Å². The molecule has 2 saturated heterocycles. The minimum absolute atomic E-state index is 0.0665. The number of hydrogen-bond acceptors (Lipinski definition) is 8. The van der Waals surface area contributed by atoms with Crippen molar-refractivity contribution in [1.29, 1.82) is 5.26 Å². The number of anilines is 2. The van der Waals surface area contributed by atoms with Crippen LogP contribution in [0.15, 0.2) is 83.7 Å². The van der Waals surface area contributed by atoms with Crippen LogP contribution in [0, 0.1) is 23.0 Å². The number of nitrogens with one attached hydrogen (secondary N) is 2. The number of fused-ring (bicyclic) bond motifs is 1. The van der Waals surface area contributed by atoms with E-state index in [9.17, 15) is 46.8 Å². The molecular formula is C47H43F5N8O5S. The molecule has 0 saturated carbocycles. The number of H-pyrrole nitrogens is 1. The zero-order chi connectivity index (χ0) is 47.5. The number of amides is 4. The van der Waals surface area contributed by atoms with Gasteiger partial charge in [0, 0.05) is 56.6 Å². The van der Waals surface area contributed by atoms with Gasteiger partial charge in [-0.05, 0) is 99.1 Å². The van der Waals surface area contributed by atoms with Gasteiger partial charge in [-0.2, -0.15) is 23.5 Å². The predicted molar refractivity (Wildman–Crippen MR) is 239 cm³/mol. The van der Waals surface area contributed by atoms with Crippen LogP contribution in [0.2, 0.25) is 0 Å². The predicted octanol–water partition coefficient (Wildman–Crippen LogP) is 7.26. The molecular weight excluding hydrogens is 884 g/mol. The Morgan fingerprint density at radius 3 is 2.21 bits per heavy atom. The molecule has 0 radical (unpaired) electrons. The van der Waals surface area contributed by atoms with Gasteiger partial charge < -0.3 is 20.0 Å². The van der Waals surface area contributed by atoms with Gasteiger partial charge in [0.1, 0.15) is 17.2 Å². The molecule has 7 rings (SSSR count). The minimum atomic E-state index is -4.88. The van der Waals surface area contributed by atoms with Gasteiger partial charge in [0.2, 0.25) is 5.91 Å². The number of aromatic nitrogens is 2. The van der Waals surface area contributed by atoms with E-state index < -0.39 is 52.2 Å². The highest BCUT2D eigenvalue weighted by atomic mass is 32.1. The van der Waals surface area contributed by atoms with E-state index in [-0.39, 0.29) is 71.6 Å². The van der Waals surface area contributed by atoms with Gasteiger partial charge in [-0.3, -0.25) is 28.9 Å². The molecule has 2 aliphatic rings. The van der Waals surface area contributed by atoms with E-state index in [1.807, 2.05) is 0 Å². The third-order valence-corrected chi connectivity index (χ3v) is 12.1. The highest BCUT2D eigenvalue weighted by Gasteiger charge is 2.51. The van der Waals surface area contributed by atoms with Crippen LogP contribution in [0.25, 0.3) is 10.8 Å². The van der Waals surface area contributed by atoms with Crippen molar-refractivity contribution < 1.29 is 41.1 Å². The van der Waals surface area contributed by atoms with Crippen molar-refractivity contribution in [2.45, 2.75) is 64.1 Å². The van der Waals surface area contributed by atoms with Crippen LogP contribution in [0.5, 0.6) is 0 Å². The minimum Gasteiger partial charge on any atom is -0.352 e. The van der Waals surface area contributed by atoms with Crippen molar-refractivity contribution in [1.82, 2.24) is 25.3 Å². The molecule has 3 heterocycles. The van der Waals surface area contributed by atoms with E-state index >= 15 is 4.39 Å². The first-order chi connectivity index (χ1) is 31.4. The molecule has 13 nitrogen and oxygen atoms in total. The van der Waals surface area contributed by atoms with E-state index in [4.69, 9.17) is 12.2 Å². The van der Waals surface area contributed by atoms with Crippen LogP contribution in [-0.2, 0) is 22.2 Å². The fraction of sp³-hybridized carbons (Fsp3) is 0.319. The Kier molecular flexibility index (Phi) is 13.6. The van der Waals surface area contributed by atoms with Crippen LogP contribution in [0.4, 0.5) is 33.3 Å². The summed E-state index contributed by atoms with van der Waals surface area (Å²) in [6.07, 6.45) is -1.83. The van der Waals surface area contributed by atoms with Gasteiger partial charge in [-0.25, -0.2) is 13.9 Å². The van der Waals surface area contributed by atoms with Gasteiger partial charge >= 0.3 is 6.18 Å². The molecule has 1 aromatic heterocycles. The highest BCUT2D eigenvalue weighted by molar-refractivity contribution is 7.81. The van der Waals surface area contributed by atoms with Gasteiger partial charge in [-0.1, -0.05) is 37.1 Å². The Labute approximate surface area is 380 Å². The lowest BCUT2D eigenvalue weighted by molar-refractivity contribution is -0.138. The molecule has 2 N–H and O–H groups in total. The summed E-state index contributed by atoms with van der Waals surface area (Å²) in [6.45, 7) is 4.24. The molecule has 0 bridgehead atoms. The molecule has 4 amide bonds. The van der Waals surface area contributed by atoms with Gasteiger partial charge in [0.25, 0.3) is 23.3 Å². The number of carbonyl (C=O) groups excluding carboxylic acids is 4. The lowest BCUT2D eigenvalue weighted by Crippen LogP contribution is -2.50. The maximum atomic E-state index is 15.4. The smallest absolute Gasteiger partial charge is 0.352 e. The maximum absolute atomic E-state index is 15.4. The summed E-state index contributed by atoms with van der Waals surface area (Å²) in [4.78, 5) is 70.4. The molecule has 0 aliphatic carbocycles. The van der Waals surface area contributed by atoms with E-state index in [1.54, 1.807) is 35.2 Å². The number of piperazine rings is 1. The first-order valence-electron chi connectivity index (χ1n) is 21.1. The van der Waals surface area contributed by atoms with Crippen LogP contribution < -0.4 is 20.7 Å². The molecule has 19 heteroatoms. The van der Waals surface area contributed by atoms with Crippen LogP contribution in [-0.4, -0.2) is 87.0 Å². The fourth-order valence-corrected chi connectivity index (χ4v) is 8.69. The second-order valence-corrected chi connectivity index (χ2v) is 16.8. The van der Waals surface area contributed by atoms with Gasteiger partial charge in [0.15, 0.2) is 5.11 Å². The molecule has 2 fully saturated rings. The standard InChI is InChI=1S/C47H43F5N8O5S/c1-46(2)44(65)59(30-14-13-29(27-53)36(25-30)47(50,51)52)45(66)60(46)31-15-16-34(38(49)26-31)41(62)54-18-8-4-3-5-11-40(61)57-19-21-58(22-20-57)43(64)35-23-28(12-17-37(35)48)24-39-32-9-6-7-10-33(32)42(63)56-55-39/h6-7,9-10,12-17,23,25-26H,3-5,8,11,18-22,24H2,1-2H3,(H,54,62)(H,56,63). The first-order valence-corrected chi connectivity index (χ1v) is 21.5. The number of benzene rings is 4. The topological polar surface area (TPSA) is 163 Å². The highest BCUT2D eigenvalue weighted by Crippen LogP contribution is 2.40. The number of hydrogen-bond donors (Lipinski definition) is 2. The maximum Gasteiger partial charge on any atom is 0.417 e. The molecule has 66 heavy (non-hydrogen) atoms. The zero-order valence-electron chi connectivity index (χ0n) is 35.8. The molecule has 0 unspecified atom stereocenters. The summed E-state index contributed by atoms with van der Waals surface area (Å²) in [6, 6.07) is 19.2. The largest absolute Gasteiger partial charge is 0.417 e. The van der Waals surface area contributed by atoms with Crippen LogP contribution in [0.1, 0.15) is 89.1 Å². The summed E-state index contributed by atoms with van der Waals surface area (Å²) < 4.78 is 71.5. The molecule has 4 aromatic carbocycles. The number of rotatable bonds is 13. The number of carbonyl (C=O) groups is 4. The Morgan fingerprint density at radius 1 is 0.833 bits per heavy atom. The van der Waals surface area contributed by atoms with E-state index in [1.165, 1.54) is 60.0 Å². The van der Waals surface area contributed by atoms with Crippen LogP contribution >= 0.6 is 12.2 Å². The number of alkyl halides is 3. The molecule has 0 atom stereocenters. The van der Waals surface area contributed by atoms with E-state index in [2.05, 4.69) is 15.5 Å². The number of aromatic amines is 1. The van der Waals surface area contributed by atoms with Crippen molar-refractivity contribution in [2.75, 3.05) is 42.5 Å². The summed E-state index contributed by atoms with van der Waals surface area (Å²) in [5, 5.41) is 19.4. The fourth-order valence-electron chi connectivity index (χ4n) is 8.17. The Hall–Kier alpha value is -7.07. The summed E-state index contributed by atoms with van der Waals surface area (Å²) in [5.74, 6) is -3.49. The van der Waals surface area contributed by atoms with Crippen molar-refractivity contribution in [2.24, 2.45) is 0 Å². The van der Waals surface area contributed by atoms with Crippen LogP contribution in [0.3, 0.4) is 0 Å². The average Bonchev–Trinajstić information content (AvgIpc) is 3.47. The molecule has 5 aromatic rings. The Balaban J connectivity index is 0.839. The van der Waals surface area contributed by atoms with Gasteiger partial charge in [0.05, 0.1) is 45.1 Å². The SMILES string of the molecule is CC1(C)C(=O)N(c2ccc(C#N)c(C(F)(F)F)c2)C(=S)N1c1ccc(C(=O)NCCCCCCC(=O)N2CCN(C(=O)c3cc(Cc4n[nH]c(=O)c5ccccc45)ccc3F)CC2)c(F)c1. The van der Waals surface area contributed by atoms with E-state index in [0.717, 1.165) is 17.0 Å². The summed E-state index contributed by atoms with van der Waals surface area (Å²) in [7, 11) is 0. The molecule has 2 aliphatic heterocycles.